The van der Waals surface area contributed by atoms with Crippen molar-refractivity contribution in [3.05, 3.63) is 28.1 Å². The van der Waals surface area contributed by atoms with Crippen molar-refractivity contribution in [3.63, 3.8) is 0 Å². The lowest BCUT2D eigenvalue weighted by Crippen LogP contribution is -2.28. The fraction of sp³-hybridized carbons (Fsp3) is 0. The lowest BCUT2D eigenvalue weighted by Gasteiger charge is -1.80. The zero-order valence-electron chi connectivity index (χ0n) is 4.08. The quantitative estimate of drug-likeness (QED) is 0.392. The summed E-state index contributed by atoms with van der Waals surface area (Å²) >= 11 is 2.12. The van der Waals surface area contributed by atoms with Crippen LogP contribution in [0.15, 0.2) is 24.5 Å². The Labute approximate surface area is 60.9 Å². The van der Waals surface area contributed by atoms with E-state index in [0.717, 1.165) is 8.30 Å². The molecule has 0 amide bonds. The van der Waals surface area contributed by atoms with E-state index < -0.39 is 0 Å². The Morgan fingerprint density at radius 2 is 2.38 bits per heavy atom. The van der Waals surface area contributed by atoms with Crippen molar-refractivity contribution < 1.29 is 9.94 Å². The van der Waals surface area contributed by atoms with E-state index in [1.807, 2.05) is 6.07 Å². The van der Waals surface area contributed by atoms with Gasteiger partial charge < -0.3 is 0 Å². The van der Waals surface area contributed by atoms with E-state index in [4.69, 9.17) is 5.21 Å². The molecule has 1 aromatic heterocycles. The molecular weight excluding hydrogens is 217 g/mol. The van der Waals surface area contributed by atoms with Gasteiger partial charge in [-0.05, 0) is 28.7 Å². The Kier molecular flexibility index (Phi) is 1.67. The lowest BCUT2D eigenvalue weighted by atomic mass is 10.5. The number of pyridine rings is 1. The third-order valence-electron chi connectivity index (χ3n) is 0.750. The topological polar surface area (TPSA) is 24.1 Å². The van der Waals surface area contributed by atoms with Gasteiger partial charge in [-0.1, -0.05) is 0 Å². The van der Waals surface area contributed by atoms with Crippen molar-refractivity contribution in [2.24, 2.45) is 0 Å². The summed E-state index contributed by atoms with van der Waals surface area (Å²) in [5.74, 6) is 0. The summed E-state index contributed by atoms with van der Waals surface area (Å²) in [6.45, 7) is 0. The predicted octanol–water partition coefficient (Wildman–Crippen LogP) is 0.816. The van der Waals surface area contributed by atoms with Crippen LogP contribution in [0.3, 0.4) is 0 Å². The summed E-state index contributed by atoms with van der Waals surface area (Å²) < 4.78 is 2.05. The molecule has 0 bridgehead atoms. The number of halogens is 1. The monoisotopic (exact) mass is 222 g/mol. The number of nitrogens with zero attached hydrogens (tertiary/aromatic N) is 1. The number of hydrogen-bond acceptors (Lipinski definition) is 1. The summed E-state index contributed by atoms with van der Waals surface area (Å²) in [6, 6.07) is 3.69. The van der Waals surface area contributed by atoms with Crippen LogP contribution in [0.2, 0.25) is 0 Å². The summed E-state index contributed by atoms with van der Waals surface area (Å²) in [5, 5.41) is 8.72. The van der Waals surface area contributed by atoms with Gasteiger partial charge in [0.2, 0.25) is 12.4 Å². The first kappa shape index (κ1) is 5.81. The van der Waals surface area contributed by atoms with Crippen molar-refractivity contribution in [1.29, 1.82) is 0 Å². The van der Waals surface area contributed by atoms with E-state index in [-0.39, 0.29) is 0 Å². The Balaban J connectivity index is 3.08. The molecule has 0 aliphatic carbocycles. The van der Waals surface area contributed by atoms with E-state index >= 15 is 0 Å². The molecule has 0 spiro atoms. The molecule has 0 aliphatic rings. The highest BCUT2D eigenvalue weighted by Crippen LogP contribution is 1.96. The molecule has 3 heteroatoms. The van der Waals surface area contributed by atoms with Gasteiger partial charge in [0, 0.05) is 10.8 Å². The molecular formula is C5H5INO+. The first-order valence-electron chi connectivity index (χ1n) is 2.15. The highest BCUT2D eigenvalue weighted by molar-refractivity contribution is 14.1. The maximum Gasteiger partial charge on any atom is 0.235 e. The number of aromatic nitrogens is 1. The molecule has 0 aliphatic heterocycles. The van der Waals surface area contributed by atoms with Gasteiger partial charge in [0.25, 0.3) is 0 Å². The SMILES string of the molecule is O[n+]1cccc(I)c1. The zero-order chi connectivity index (χ0) is 5.98. The molecule has 2 nitrogen and oxygen atoms in total. The van der Waals surface area contributed by atoms with Gasteiger partial charge in [-0.2, -0.15) is 0 Å². The third kappa shape index (κ3) is 1.33. The summed E-state index contributed by atoms with van der Waals surface area (Å²) in [5.41, 5.74) is 0. The number of rotatable bonds is 0. The Bertz CT molecular complexity index is 172. The van der Waals surface area contributed by atoms with Crippen LogP contribution in [-0.2, 0) is 0 Å². The molecule has 8 heavy (non-hydrogen) atoms. The minimum Gasteiger partial charge on any atom is -0.285 e. The van der Waals surface area contributed by atoms with Crippen molar-refractivity contribution in [3.8, 4) is 0 Å². The van der Waals surface area contributed by atoms with E-state index in [1.165, 1.54) is 0 Å². The molecule has 0 saturated carbocycles. The average Bonchev–Trinajstić information content (AvgIpc) is 1.64. The van der Waals surface area contributed by atoms with Crippen molar-refractivity contribution >= 4 is 22.6 Å². The van der Waals surface area contributed by atoms with Crippen LogP contribution >= 0.6 is 22.6 Å². The molecule has 1 aromatic rings. The largest absolute Gasteiger partial charge is 0.285 e. The van der Waals surface area contributed by atoms with E-state index in [0.29, 0.717) is 0 Å². The molecule has 1 N–H and O–H groups in total. The van der Waals surface area contributed by atoms with Crippen LogP contribution in [0.25, 0.3) is 0 Å². The van der Waals surface area contributed by atoms with Gasteiger partial charge in [-0.3, -0.25) is 5.21 Å². The van der Waals surface area contributed by atoms with Crippen molar-refractivity contribution in [2.75, 3.05) is 0 Å². The van der Waals surface area contributed by atoms with Crippen LogP contribution in [0, 0.1) is 3.57 Å². The second-order valence-corrected chi connectivity index (χ2v) is 2.65. The zero-order valence-corrected chi connectivity index (χ0v) is 6.24. The Morgan fingerprint density at radius 1 is 1.62 bits per heavy atom. The maximum absolute atomic E-state index is 8.72. The normalized spacial score (nSPS) is 9.12. The summed E-state index contributed by atoms with van der Waals surface area (Å²) in [4.78, 5) is 0. The maximum atomic E-state index is 8.72. The van der Waals surface area contributed by atoms with Gasteiger partial charge in [0.15, 0.2) is 0 Å². The lowest BCUT2D eigenvalue weighted by molar-refractivity contribution is -0.905. The van der Waals surface area contributed by atoms with Crippen LogP contribution in [-0.4, -0.2) is 5.21 Å². The van der Waals surface area contributed by atoms with E-state index in [1.54, 1.807) is 18.5 Å². The average molecular weight is 222 g/mol. The molecule has 0 aromatic carbocycles. The molecule has 0 saturated heterocycles. The molecule has 0 radical (unpaired) electrons. The second-order valence-electron chi connectivity index (χ2n) is 1.40. The van der Waals surface area contributed by atoms with Crippen molar-refractivity contribution in [1.82, 2.24) is 0 Å². The molecule has 0 fully saturated rings. The van der Waals surface area contributed by atoms with Gasteiger partial charge in [0.05, 0.1) is 3.57 Å². The van der Waals surface area contributed by atoms with E-state index in [2.05, 4.69) is 22.6 Å². The van der Waals surface area contributed by atoms with Crippen LogP contribution in [0.1, 0.15) is 0 Å². The van der Waals surface area contributed by atoms with Gasteiger partial charge in [-0.15, -0.1) is 0 Å². The first-order chi connectivity index (χ1) is 3.79. The Hall–Kier alpha value is -0.320. The van der Waals surface area contributed by atoms with Crippen LogP contribution in [0.5, 0.6) is 0 Å². The minimum absolute atomic E-state index is 1.02. The molecule has 0 atom stereocenters. The fourth-order valence-corrected chi connectivity index (χ4v) is 0.929. The molecule has 42 valence electrons. The molecule has 0 unspecified atom stereocenters. The molecule has 1 rings (SSSR count). The predicted molar refractivity (Wildman–Crippen MR) is 36.5 cm³/mol. The van der Waals surface area contributed by atoms with E-state index in [9.17, 15) is 0 Å². The fourth-order valence-electron chi connectivity index (χ4n) is 0.436. The van der Waals surface area contributed by atoms with Crippen LogP contribution < -0.4 is 4.73 Å². The number of hydrogen-bond donors (Lipinski definition) is 1. The summed E-state index contributed by atoms with van der Waals surface area (Å²) in [7, 11) is 0. The first-order valence-corrected chi connectivity index (χ1v) is 3.23. The van der Waals surface area contributed by atoms with Gasteiger partial charge in [-0.25, -0.2) is 0 Å². The van der Waals surface area contributed by atoms with Gasteiger partial charge in [0.1, 0.15) is 0 Å². The van der Waals surface area contributed by atoms with Crippen molar-refractivity contribution in [2.45, 2.75) is 0 Å². The second kappa shape index (κ2) is 2.30. The molecule has 1 heterocycles. The van der Waals surface area contributed by atoms with Gasteiger partial charge >= 0.3 is 0 Å². The highest BCUT2D eigenvalue weighted by Gasteiger charge is 1.92. The van der Waals surface area contributed by atoms with Crippen LogP contribution in [0.4, 0.5) is 0 Å². The Morgan fingerprint density at radius 3 is 2.75 bits per heavy atom. The summed E-state index contributed by atoms with van der Waals surface area (Å²) in [6.07, 6.45) is 3.20. The smallest absolute Gasteiger partial charge is 0.235 e. The minimum atomic E-state index is 1.02. The third-order valence-corrected chi connectivity index (χ3v) is 1.39. The highest BCUT2D eigenvalue weighted by atomic mass is 127. The standard InChI is InChI=1S/C5H5INO/c6-5-2-1-3-7(8)4-5/h1-4,8H/q+1.